The maximum atomic E-state index is 12.9. The van der Waals surface area contributed by atoms with Crippen LogP contribution in [0, 0.1) is 17.8 Å². The highest BCUT2D eigenvalue weighted by Crippen LogP contribution is 2.42. The molecule has 1 saturated carbocycles. The molecule has 6 nitrogen and oxygen atoms in total. The molecule has 6 heteroatoms. The summed E-state index contributed by atoms with van der Waals surface area (Å²) in [5.74, 6) is 6.90. The summed E-state index contributed by atoms with van der Waals surface area (Å²) in [7, 11) is 0. The Balaban J connectivity index is 1.44. The third-order valence-electron chi connectivity index (χ3n) is 7.01. The number of rotatable bonds is 4. The SMILES string of the molecule is CC(C)CC#Cc1ccc([C@H]2[C@H](CO)N3C(=O)CN(C(=O)NC4CCCCC4)C[C@@H]23)cc1. The van der Waals surface area contributed by atoms with E-state index in [1.165, 1.54) is 6.42 Å². The highest BCUT2D eigenvalue weighted by atomic mass is 16.3. The maximum absolute atomic E-state index is 12.9. The van der Waals surface area contributed by atoms with Crippen molar-refractivity contribution in [2.24, 2.45) is 5.92 Å². The molecule has 0 spiro atoms. The van der Waals surface area contributed by atoms with Gasteiger partial charge in [0.15, 0.2) is 0 Å². The van der Waals surface area contributed by atoms with Gasteiger partial charge in [0.2, 0.25) is 5.91 Å². The summed E-state index contributed by atoms with van der Waals surface area (Å²) in [6, 6.07) is 7.89. The van der Waals surface area contributed by atoms with Gasteiger partial charge in [0, 0.05) is 30.5 Å². The van der Waals surface area contributed by atoms with Gasteiger partial charge in [0.25, 0.3) is 0 Å². The number of hydrogen-bond acceptors (Lipinski definition) is 3. The van der Waals surface area contributed by atoms with E-state index in [0.29, 0.717) is 12.5 Å². The van der Waals surface area contributed by atoms with Gasteiger partial charge in [-0.3, -0.25) is 4.79 Å². The first kappa shape index (κ1) is 22.7. The Kier molecular flexibility index (Phi) is 7.05. The van der Waals surface area contributed by atoms with Crippen molar-refractivity contribution in [2.45, 2.75) is 76.4 Å². The molecule has 3 atom stereocenters. The van der Waals surface area contributed by atoms with E-state index < -0.39 is 0 Å². The zero-order valence-corrected chi connectivity index (χ0v) is 19.2. The molecular weight excluding hydrogens is 402 g/mol. The molecule has 172 valence electrons. The van der Waals surface area contributed by atoms with E-state index in [0.717, 1.165) is 43.2 Å². The van der Waals surface area contributed by atoms with Gasteiger partial charge in [-0.2, -0.15) is 0 Å². The van der Waals surface area contributed by atoms with Gasteiger partial charge in [-0.25, -0.2) is 4.79 Å². The lowest BCUT2D eigenvalue weighted by atomic mass is 9.73. The van der Waals surface area contributed by atoms with Crippen LogP contribution in [0.5, 0.6) is 0 Å². The Morgan fingerprint density at radius 3 is 2.56 bits per heavy atom. The van der Waals surface area contributed by atoms with Crippen LogP contribution >= 0.6 is 0 Å². The largest absolute Gasteiger partial charge is 0.394 e. The summed E-state index contributed by atoms with van der Waals surface area (Å²) in [6.07, 6.45) is 6.44. The molecule has 3 fully saturated rings. The Morgan fingerprint density at radius 1 is 1.19 bits per heavy atom. The number of urea groups is 1. The third kappa shape index (κ3) is 4.78. The van der Waals surface area contributed by atoms with Crippen molar-refractivity contribution in [1.29, 1.82) is 0 Å². The van der Waals surface area contributed by atoms with E-state index in [-0.39, 0.29) is 49.1 Å². The van der Waals surface area contributed by atoms with E-state index in [9.17, 15) is 14.7 Å². The molecule has 0 bridgehead atoms. The first-order chi connectivity index (χ1) is 15.5. The Bertz CT molecular complexity index is 880. The fourth-order valence-electron chi connectivity index (χ4n) is 5.31. The van der Waals surface area contributed by atoms with E-state index in [2.05, 4.69) is 43.1 Å². The van der Waals surface area contributed by atoms with Gasteiger partial charge in [-0.15, -0.1) is 0 Å². The van der Waals surface area contributed by atoms with Gasteiger partial charge < -0.3 is 20.2 Å². The van der Waals surface area contributed by atoms with E-state index in [1.54, 1.807) is 9.80 Å². The van der Waals surface area contributed by atoms with Crippen molar-refractivity contribution in [3.8, 4) is 11.8 Å². The predicted molar refractivity (Wildman–Crippen MR) is 124 cm³/mol. The fourth-order valence-corrected chi connectivity index (χ4v) is 5.31. The Labute approximate surface area is 191 Å². The molecule has 4 rings (SSSR count). The molecule has 32 heavy (non-hydrogen) atoms. The highest BCUT2D eigenvalue weighted by Gasteiger charge is 2.54. The van der Waals surface area contributed by atoms with Crippen LogP contribution < -0.4 is 5.32 Å². The minimum Gasteiger partial charge on any atom is -0.394 e. The number of piperazine rings is 1. The standard InChI is InChI=1S/C26H35N3O3/c1-18(2)7-6-8-19-11-13-20(14-12-19)25-22-15-28(16-24(31)29(22)23(25)17-30)26(32)27-21-9-4-3-5-10-21/h11-14,18,21-23,25,30H,3-5,7,9-10,15-17H2,1-2H3,(H,27,32)/t22-,23-,25+/m0/s1. The van der Waals surface area contributed by atoms with Gasteiger partial charge in [-0.1, -0.05) is 57.1 Å². The third-order valence-corrected chi connectivity index (χ3v) is 7.01. The summed E-state index contributed by atoms with van der Waals surface area (Å²) in [6.45, 7) is 4.82. The summed E-state index contributed by atoms with van der Waals surface area (Å²) in [5.41, 5.74) is 2.06. The molecule has 2 heterocycles. The topological polar surface area (TPSA) is 72.9 Å². The second kappa shape index (κ2) is 9.95. The Morgan fingerprint density at radius 2 is 1.91 bits per heavy atom. The first-order valence-corrected chi connectivity index (χ1v) is 12.0. The molecule has 1 aromatic rings. The zero-order chi connectivity index (χ0) is 22.7. The summed E-state index contributed by atoms with van der Waals surface area (Å²) in [5, 5.41) is 13.1. The van der Waals surface area contributed by atoms with E-state index >= 15 is 0 Å². The van der Waals surface area contributed by atoms with Crippen LogP contribution in [-0.2, 0) is 4.79 Å². The fraction of sp³-hybridized carbons (Fsp3) is 0.615. The van der Waals surface area contributed by atoms with Crippen molar-refractivity contribution in [2.75, 3.05) is 19.7 Å². The molecule has 2 saturated heterocycles. The van der Waals surface area contributed by atoms with Crippen LogP contribution in [0.2, 0.25) is 0 Å². The van der Waals surface area contributed by atoms with Crippen molar-refractivity contribution in [3.05, 3.63) is 35.4 Å². The van der Waals surface area contributed by atoms with Crippen molar-refractivity contribution in [1.82, 2.24) is 15.1 Å². The summed E-state index contributed by atoms with van der Waals surface area (Å²) >= 11 is 0. The average molecular weight is 438 g/mol. The van der Waals surface area contributed by atoms with E-state index in [1.807, 2.05) is 12.1 Å². The van der Waals surface area contributed by atoms with Crippen LogP contribution in [0.1, 0.15) is 69.4 Å². The normalized spacial score (nSPS) is 25.6. The second-order valence-electron chi connectivity index (χ2n) is 9.83. The van der Waals surface area contributed by atoms with Crippen LogP contribution in [0.4, 0.5) is 4.79 Å². The van der Waals surface area contributed by atoms with Gasteiger partial charge in [0.1, 0.15) is 6.54 Å². The predicted octanol–water partition coefficient (Wildman–Crippen LogP) is 3.10. The molecule has 1 aromatic carbocycles. The van der Waals surface area contributed by atoms with Gasteiger partial charge in [-0.05, 0) is 36.5 Å². The number of benzene rings is 1. The molecule has 2 N–H and O–H groups in total. The molecule has 3 aliphatic rings. The Hall–Kier alpha value is -2.52. The van der Waals surface area contributed by atoms with Crippen molar-refractivity contribution >= 4 is 11.9 Å². The van der Waals surface area contributed by atoms with Crippen LogP contribution in [0.15, 0.2) is 24.3 Å². The lowest BCUT2D eigenvalue weighted by Crippen LogP contribution is -2.74. The maximum Gasteiger partial charge on any atom is 0.318 e. The number of nitrogens with one attached hydrogen (secondary N) is 1. The quantitative estimate of drug-likeness (QED) is 0.711. The number of nitrogens with zero attached hydrogens (tertiary/aromatic N) is 2. The highest BCUT2D eigenvalue weighted by molar-refractivity contribution is 5.87. The van der Waals surface area contributed by atoms with Crippen LogP contribution in [0.3, 0.4) is 0 Å². The minimum absolute atomic E-state index is 0.0203. The van der Waals surface area contributed by atoms with Gasteiger partial charge >= 0.3 is 6.03 Å². The number of carbonyl (C=O) groups is 2. The number of hydrogen-bond donors (Lipinski definition) is 2. The van der Waals surface area contributed by atoms with Crippen molar-refractivity contribution < 1.29 is 14.7 Å². The first-order valence-electron chi connectivity index (χ1n) is 12.0. The minimum atomic E-state index is -0.228. The average Bonchev–Trinajstić information content (AvgIpc) is 2.76. The lowest BCUT2D eigenvalue weighted by molar-refractivity contribution is -0.159. The van der Waals surface area contributed by atoms with E-state index in [4.69, 9.17) is 0 Å². The lowest BCUT2D eigenvalue weighted by Gasteiger charge is -2.58. The van der Waals surface area contributed by atoms with Gasteiger partial charge in [0.05, 0.1) is 18.7 Å². The molecule has 0 unspecified atom stereocenters. The van der Waals surface area contributed by atoms with Crippen LogP contribution in [-0.4, -0.2) is 64.7 Å². The molecule has 0 aromatic heterocycles. The zero-order valence-electron chi connectivity index (χ0n) is 19.2. The number of fused-ring (bicyclic) bond motifs is 1. The number of carbonyl (C=O) groups excluding carboxylic acids is 2. The van der Waals surface area contributed by atoms with Crippen molar-refractivity contribution in [3.63, 3.8) is 0 Å². The molecule has 3 amide bonds. The molecule has 2 aliphatic heterocycles. The summed E-state index contributed by atoms with van der Waals surface area (Å²) in [4.78, 5) is 29.1. The second-order valence-corrected chi connectivity index (χ2v) is 9.83. The molecule has 1 aliphatic carbocycles. The molecule has 0 radical (unpaired) electrons. The monoisotopic (exact) mass is 437 g/mol. The number of amides is 3. The smallest absolute Gasteiger partial charge is 0.318 e. The number of aliphatic hydroxyl groups excluding tert-OH is 1. The number of aliphatic hydroxyl groups is 1. The van der Waals surface area contributed by atoms with Crippen LogP contribution in [0.25, 0.3) is 0 Å². The molecular formula is C26H35N3O3. The summed E-state index contributed by atoms with van der Waals surface area (Å²) < 4.78 is 0.